The van der Waals surface area contributed by atoms with Crippen molar-refractivity contribution in [2.45, 2.75) is 32.9 Å². The van der Waals surface area contributed by atoms with Crippen molar-refractivity contribution in [3.63, 3.8) is 0 Å². The molecule has 0 aromatic heterocycles. The minimum atomic E-state index is -3.66. The number of ether oxygens (including phenoxy) is 2. The highest BCUT2D eigenvalue weighted by Crippen LogP contribution is 2.30. The number of nitrogens with zero attached hydrogens (tertiary/aromatic N) is 1. The molecule has 0 aliphatic carbocycles. The van der Waals surface area contributed by atoms with Crippen molar-refractivity contribution in [3.8, 4) is 11.5 Å². The van der Waals surface area contributed by atoms with Crippen molar-refractivity contribution >= 4 is 21.6 Å². The van der Waals surface area contributed by atoms with E-state index in [-0.39, 0.29) is 12.6 Å². The van der Waals surface area contributed by atoms with Gasteiger partial charge >= 0.3 is 0 Å². The molecule has 2 aromatic carbocycles. The van der Waals surface area contributed by atoms with Crippen LogP contribution in [0.4, 0.5) is 5.69 Å². The smallest absolute Gasteiger partial charge is 0.243 e. The minimum absolute atomic E-state index is 0.210. The first-order chi connectivity index (χ1) is 13.7. The number of anilines is 1. The van der Waals surface area contributed by atoms with Crippen molar-refractivity contribution in [2.75, 3.05) is 23.7 Å². The Morgan fingerprint density at radius 1 is 1.17 bits per heavy atom. The number of sulfonamides is 1. The zero-order chi connectivity index (χ0) is 21.2. The van der Waals surface area contributed by atoms with Crippen LogP contribution in [0.2, 0.25) is 0 Å². The molecule has 3 rings (SSSR count). The van der Waals surface area contributed by atoms with Gasteiger partial charge in [-0.1, -0.05) is 18.2 Å². The average Bonchev–Trinajstić information content (AvgIpc) is 2.67. The van der Waals surface area contributed by atoms with Crippen molar-refractivity contribution < 1.29 is 22.7 Å². The van der Waals surface area contributed by atoms with Crippen LogP contribution in [0.15, 0.2) is 42.5 Å². The normalized spacial score (nSPS) is 16.8. The van der Waals surface area contributed by atoms with Crippen molar-refractivity contribution in [3.05, 3.63) is 53.6 Å². The predicted molar refractivity (Wildman–Crippen MR) is 112 cm³/mol. The van der Waals surface area contributed by atoms with Gasteiger partial charge in [-0.25, -0.2) is 8.42 Å². The third-order valence-electron chi connectivity index (χ3n) is 4.90. The van der Waals surface area contributed by atoms with Gasteiger partial charge in [0.15, 0.2) is 11.5 Å². The molecule has 1 amide bonds. The van der Waals surface area contributed by atoms with Crippen molar-refractivity contribution in [2.24, 2.45) is 0 Å². The molecule has 0 radical (unpaired) electrons. The van der Waals surface area contributed by atoms with Gasteiger partial charge in [0, 0.05) is 0 Å². The second-order valence-electron chi connectivity index (χ2n) is 7.25. The van der Waals surface area contributed by atoms with E-state index in [1.165, 1.54) is 0 Å². The van der Waals surface area contributed by atoms with Crippen LogP contribution >= 0.6 is 0 Å². The Kier molecular flexibility index (Phi) is 6.02. The number of nitrogens with one attached hydrogen (secondary N) is 1. The number of hydrogen-bond acceptors (Lipinski definition) is 5. The molecule has 1 aliphatic heterocycles. The number of para-hydroxylation sites is 2. The Balaban J connectivity index is 1.69. The fraction of sp³-hybridized carbons (Fsp3) is 0.381. The molecule has 0 saturated carbocycles. The molecular formula is C21H26N2O5S. The summed E-state index contributed by atoms with van der Waals surface area (Å²) < 4.78 is 37.5. The first kappa shape index (κ1) is 21.0. The van der Waals surface area contributed by atoms with Crippen molar-refractivity contribution in [1.82, 2.24) is 5.32 Å². The van der Waals surface area contributed by atoms with E-state index in [1.54, 1.807) is 25.1 Å². The van der Waals surface area contributed by atoms with Crippen LogP contribution in [0.25, 0.3) is 0 Å². The number of hydrogen-bond donors (Lipinski definition) is 1. The summed E-state index contributed by atoms with van der Waals surface area (Å²) in [5.74, 6) is 0.886. The number of benzene rings is 2. The maximum Gasteiger partial charge on any atom is 0.243 e. The van der Waals surface area contributed by atoms with Crippen molar-refractivity contribution in [1.29, 1.82) is 0 Å². The van der Waals surface area contributed by atoms with E-state index in [1.807, 2.05) is 38.1 Å². The fourth-order valence-corrected chi connectivity index (χ4v) is 4.36. The molecule has 8 heteroatoms. The van der Waals surface area contributed by atoms with Gasteiger partial charge in [0.05, 0.1) is 18.5 Å². The Bertz CT molecular complexity index is 1010. The highest BCUT2D eigenvalue weighted by Gasteiger charge is 2.30. The molecule has 2 aromatic rings. The Morgan fingerprint density at radius 3 is 2.52 bits per heavy atom. The predicted octanol–water partition coefficient (Wildman–Crippen LogP) is 2.41. The van der Waals surface area contributed by atoms with Gasteiger partial charge in [0.2, 0.25) is 15.9 Å². The second kappa shape index (κ2) is 8.32. The van der Waals surface area contributed by atoms with E-state index < -0.39 is 22.0 Å². The third kappa shape index (κ3) is 4.82. The first-order valence-electron chi connectivity index (χ1n) is 9.39. The molecule has 156 valence electrons. The summed E-state index contributed by atoms with van der Waals surface area (Å²) in [5, 5.41) is 2.78. The average molecular weight is 419 g/mol. The lowest BCUT2D eigenvalue weighted by Gasteiger charge is -2.30. The molecule has 29 heavy (non-hydrogen) atoms. The van der Waals surface area contributed by atoms with Crippen LogP contribution in [0.5, 0.6) is 11.5 Å². The topological polar surface area (TPSA) is 84.9 Å². The van der Waals surface area contributed by atoms with E-state index in [0.29, 0.717) is 23.8 Å². The molecule has 1 N–H and O–H groups in total. The fourth-order valence-electron chi connectivity index (χ4n) is 3.20. The van der Waals surface area contributed by atoms with Gasteiger partial charge in [0.25, 0.3) is 0 Å². The zero-order valence-corrected chi connectivity index (χ0v) is 17.8. The van der Waals surface area contributed by atoms with Crippen LogP contribution in [-0.2, 0) is 14.8 Å². The Labute approximate surface area is 171 Å². The van der Waals surface area contributed by atoms with Gasteiger partial charge in [0.1, 0.15) is 18.8 Å². The second-order valence-corrected chi connectivity index (χ2v) is 9.11. The summed E-state index contributed by atoms with van der Waals surface area (Å²) in [6, 6.07) is 11.7. The van der Waals surface area contributed by atoms with Gasteiger partial charge < -0.3 is 14.8 Å². The van der Waals surface area contributed by atoms with Gasteiger partial charge in [-0.15, -0.1) is 0 Å². The maximum atomic E-state index is 12.7. The zero-order valence-electron chi connectivity index (χ0n) is 17.0. The highest BCUT2D eigenvalue weighted by molar-refractivity contribution is 7.92. The standard InChI is InChI=1S/C21H26N2O5S/c1-14-9-10-17(11-15(14)2)23(29(4,25)26)16(3)21(24)22-12-18-13-27-19-7-5-6-8-20(19)28-18/h5-11,16,18H,12-13H2,1-4H3,(H,22,24)/t16-,18+/m1/s1. The van der Waals surface area contributed by atoms with E-state index in [4.69, 9.17) is 9.47 Å². The van der Waals surface area contributed by atoms with Crippen LogP contribution in [0, 0.1) is 13.8 Å². The lowest BCUT2D eigenvalue weighted by atomic mass is 10.1. The van der Waals surface area contributed by atoms with Crippen LogP contribution in [0.3, 0.4) is 0 Å². The van der Waals surface area contributed by atoms with E-state index >= 15 is 0 Å². The molecule has 2 atom stereocenters. The Morgan fingerprint density at radius 2 is 1.86 bits per heavy atom. The lowest BCUT2D eigenvalue weighted by molar-refractivity contribution is -0.122. The summed E-state index contributed by atoms with van der Waals surface area (Å²) in [6.07, 6.45) is 0.746. The summed E-state index contributed by atoms with van der Waals surface area (Å²) in [4.78, 5) is 12.7. The molecule has 7 nitrogen and oxygen atoms in total. The third-order valence-corrected chi connectivity index (χ3v) is 6.15. The van der Waals surface area contributed by atoms with E-state index in [0.717, 1.165) is 21.7 Å². The molecule has 1 heterocycles. The summed E-state index contributed by atoms with van der Waals surface area (Å²) in [5.41, 5.74) is 2.47. The van der Waals surface area contributed by atoms with E-state index in [9.17, 15) is 13.2 Å². The minimum Gasteiger partial charge on any atom is -0.486 e. The largest absolute Gasteiger partial charge is 0.486 e. The number of amides is 1. The van der Waals surface area contributed by atoms with Gasteiger partial charge in [-0.05, 0) is 56.2 Å². The molecule has 0 fully saturated rings. The van der Waals surface area contributed by atoms with Crippen LogP contribution < -0.4 is 19.1 Å². The van der Waals surface area contributed by atoms with E-state index in [2.05, 4.69) is 5.32 Å². The Hall–Kier alpha value is -2.74. The number of fused-ring (bicyclic) bond motifs is 1. The number of carbonyl (C=O) groups excluding carboxylic acids is 1. The molecule has 0 bridgehead atoms. The number of rotatable bonds is 6. The molecule has 0 saturated heterocycles. The summed E-state index contributed by atoms with van der Waals surface area (Å²) in [7, 11) is -3.66. The molecule has 0 spiro atoms. The van der Waals surface area contributed by atoms with Gasteiger partial charge in [-0.3, -0.25) is 9.10 Å². The monoisotopic (exact) mass is 418 g/mol. The summed E-state index contributed by atoms with van der Waals surface area (Å²) >= 11 is 0. The van der Waals surface area contributed by atoms with Crippen LogP contribution in [-0.4, -0.2) is 45.9 Å². The molecular weight excluding hydrogens is 392 g/mol. The highest BCUT2D eigenvalue weighted by atomic mass is 32.2. The SMILES string of the molecule is Cc1ccc(N([C@H](C)C(=O)NC[C@H]2COc3ccccc3O2)S(C)(=O)=O)cc1C. The van der Waals surface area contributed by atoms with Crippen LogP contribution in [0.1, 0.15) is 18.1 Å². The quantitative estimate of drug-likeness (QED) is 0.779. The molecule has 0 unspecified atom stereocenters. The maximum absolute atomic E-state index is 12.7. The molecule has 1 aliphatic rings. The lowest BCUT2D eigenvalue weighted by Crippen LogP contribution is -2.50. The summed E-state index contributed by atoms with van der Waals surface area (Å²) in [6.45, 7) is 5.94. The number of carbonyl (C=O) groups is 1. The number of aryl methyl sites for hydroxylation is 2. The first-order valence-corrected chi connectivity index (χ1v) is 11.2. The van der Waals surface area contributed by atoms with Gasteiger partial charge in [-0.2, -0.15) is 0 Å².